The molecule has 0 radical (unpaired) electrons. The highest BCUT2D eigenvalue weighted by atomic mass is 35.5. The molecule has 86 valence electrons. The molecule has 0 fully saturated rings. The Morgan fingerprint density at radius 3 is 3.12 bits per heavy atom. The molecule has 2 heterocycles. The van der Waals surface area contributed by atoms with Crippen LogP contribution in [0.1, 0.15) is 5.69 Å². The topological polar surface area (TPSA) is 66.5 Å². The first kappa shape index (κ1) is 10.5. The number of halogens is 1. The number of imidazole rings is 1. The second kappa shape index (κ2) is 4.31. The molecule has 0 atom stereocenters. The summed E-state index contributed by atoms with van der Waals surface area (Å²) in [6.45, 7) is 0.621. The second-order valence-electron chi connectivity index (χ2n) is 3.48. The number of H-pyrrole nitrogens is 1. The normalized spacial score (nSPS) is 10.9. The summed E-state index contributed by atoms with van der Waals surface area (Å²) in [5.41, 5.74) is 3.46. The number of fused-ring (bicyclic) bond motifs is 1. The molecule has 17 heavy (non-hydrogen) atoms. The van der Waals surface area contributed by atoms with Crippen molar-refractivity contribution in [3.63, 3.8) is 0 Å². The van der Waals surface area contributed by atoms with Crippen molar-refractivity contribution in [3.05, 3.63) is 35.4 Å². The summed E-state index contributed by atoms with van der Waals surface area (Å²) in [5, 5.41) is 3.89. The Morgan fingerprint density at radius 2 is 2.29 bits per heavy atom. The summed E-state index contributed by atoms with van der Waals surface area (Å²) in [4.78, 5) is 6.97. The van der Waals surface area contributed by atoms with E-state index in [1.165, 1.54) is 11.7 Å². The van der Waals surface area contributed by atoms with Gasteiger partial charge in [0.2, 0.25) is 0 Å². The van der Waals surface area contributed by atoms with Gasteiger partial charge in [0.25, 0.3) is 0 Å². The Hall–Kier alpha value is -1.66. The Bertz CT molecular complexity index is 633. The number of benzene rings is 1. The van der Waals surface area contributed by atoms with Crippen LogP contribution in [0.3, 0.4) is 0 Å². The van der Waals surface area contributed by atoms with E-state index in [9.17, 15) is 0 Å². The molecule has 0 amide bonds. The standard InChI is InChI=1S/C10H8ClN5S/c11-7-1-2-8-10(16-17-15-8)9(7)13-4-6-3-12-5-14-6/h1-3,5,13H,4H2,(H,12,14). The second-order valence-corrected chi connectivity index (χ2v) is 4.42. The number of hydrogen-bond acceptors (Lipinski definition) is 5. The van der Waals surface area contributed by atoms with Crippen molar-refractivity contribution >= 4 is 40.0 Å². The quantitative estimate of drug-likeness (QED) is 0.764. The fourth-order valence-corrected chi connectivity index (χ4v) is 2.32. The van der Waals surface area contributed by atoms with Crippen molar-refractivity contribution in [2.75, 3.05) is 5.32 Å². The van der Waals surface area contributed by atoms with Crippen LogP contribution in [0.5, 0.6) is 0 Å². The summed E-state index contributed by atoms with van der Waals surface area (Å²) in [7, 11) is 0. The molecule has 2 aromatic heterocycles. The van der Waals surface area contributed by atoms with E-state index in [-0.39, 0.29) is 0 Å². The number of hydrogen-bond donors (Lipinski definition) is 2. The van der Waals surface area contributed by atoms with Crippen LogP contribution in [0.15, 0.2) is 24.7 Å². The largest absolute Gasteiger partial charge is 0.376 e. The number of anilines is 1. The molecule has 3 rings (SSSR count). The van der Waals surface area contributed by atoms with Gasteiger partial charge in [0, 0.05) is 6.20 Å². The van der Waals surface area contributed by atoms with Crippen LogP contribution in [0.4, 0.5) is 5.69 Å². The van der Waals surface area contributed by atoms with E-state index in [0.29, 0.717) is 11.6 Å². The van der Waals surface area contributed by atoms with Gasteiger partial charge in [-0.15, -0.1) is 0 Å². The molecule has 2 N–H and O–H groups in total. The van der Waals surface area contributed by atoms with Gasteiger partial charge in [-0.05, 0) is 12.1 Å². The van der Waals surface area contributed by atoms with Crippen LogP contribution in [-0.4, -0.2) is 18.7 Å². The molecule has 0 saturated heterocycles. The fraction of sp³-hybridized carbons (Fsp3) is 0.100. The number of nitrogens with one attached hydrogen (secondary N) is 2. The number of aromatic amines is 1. The minimum atomic E-state index is 0.621. The summed E-state index contributed by atoms with van der Waals surface area (Å²) < 4.78 is 8.41. The summed E-state index contributed by atoms with van der Waals surface area (Å²) >= 11 is 7.33. The van der Waals surface area contributed by atoms with Crippen molar-refractivity contribution in [1.82, 2.24) is 18.7 Å². The van der Waals surface area contributed by atoms with Crippen LogP contribution in [0, 0.1) is 0 Å². The SMILES string of the molecule is Clc1ccc2nsnc2c1NCc1cnc[nH]1. The average Bonchev–Trinajstić information content (AvgIpc) is 2.97. The molecule has 0 aliphatic rings. The molecular weight excluding hydrogens is 258 g/mol. The molecule has 0 saturated carbocycles. The molecule has 0 spiro atoms. The highest BCUT2D eigenvalue weighted by molar-refractivity contribution is 7.00. The van der Waals surface area contributed by atoms with E-state index >= 15 is 0 Å². The molecule has 3 aromatic rings. The molecule has 0 unspecified atom stereocenters. The highest BCUT2D eigenvalue weighted by Crippen LogP contribution is 2.30. The lowest BCUT2D eigenvalue weighted by Crippen LogP contribution is -2.00. The maximum Gasteiger partial charge on any atom is 0.129 e. The Kier molecular flexibility index (Phi) is 2.66. The Balaban J connectivity index is 1.93. The third kappa shape index (κ3) is 1.96. The van der Waals surface area contributed by atoms with Crippen molar-refractivity contribution in [2.24, 2.45) is 0 Å². The zero-order valence-corrected chi connectivity index (χ0v) is 10.2. The lowest BCUT2D eigenvalue weighted by molar-refractivity contribution is 1.08. The molecule has 0 aliphatic carbocycles. The van der Waals surface area contributed by atoms with Gasteiger partial charge in [-0.25, -0.2) is 4.98 Å². The van der Waals surface area contributed by atoms with E-state index in [1.54, 1.807) is 12.5 Å². The Morgan fingerprint density at radius 1 is 1.35 bits per heavy atom. The van der Waals surface area contributed by atoms with E-state index in [1.807, 2.05) is 12.1 Å². The molecule has 7 heteroatoms. The van der Waals surface area contributed by atoms with Gasteiger partial charge >= 0.3 is 0 Å². The maximum atomic E-state index is 6.15. The van der Waals surface area contributed by atoms with Gasteiger partial charge in [0.1, 0.15) is 11.0 Å². The third-order valence-corrected chi connectivity index (χ3v) is 3.25. The fourth-order valence-electron chi connectivity index (χ4n) is 1.56. The van der Waals surface area contributed by atoms with Crippen LogP contribution < -0.4 is 5.32 Å². The predicted molar refractivity (Wildman–Crippen MR) is 68.3 cm³/mol. The zero-order valence-electron chi connectivity index (χ0n) is 8.64. The van der Waals surface area contributed by atoms with Crippen molar-refractivity contribution < 1.29 is 0 Å². The Labute approximate surface area is 106 Å². The summed E-state index contributed by atoms with van der Waals surface area (Å²) in [6.07, 6.45) is 3.41. The molecule has 0 bridgehead atoms. The smallest absolute Gasteiger partial charge is 0.129 e. The van der Waals surface area contributed by atoms with Crippen molar-refractivity contribution in [1.29, 1.82) is 0 Å². The summed E-state index contributed by atoms with van der Waals surface area (Å²) in [6, 6.07) is 3.68. The van der Waals surface area contributed by atoms with E-state index < -0.39 is 0 Å². The predicted octanol–water partition coefficient (Wildman–Crippen LogP) is 2.68. The highest BCUT2D eigenvalue weighted by Gasteiger charge is 2.09. The maximum absolute atomic E-state index is 6.15. The lowest BCUT2D eigenvalue weighted by atomic mass is 10.2. The average molecular weight is 266 g/mol. The number of rotatable bonds is 3. The van der Waals surface area contributed by atoms with Crippen LogP contribution in [-0.2, 0) is 6.54 Å². The van der Waals surface area contributed by atoms with Gasteiger partial charge in [0.05, 0.1) is 41.0 Å². The molecule has 1 aromatic carbocycles. The number of aromatic nitrogens is 4. The minimum absolute atomic E-state index is 0.621. The van der Waals surface area contributed by atoms with E-state index in [2.05, 4.69) is 24.0 Å². The third-order valence-electron chi connectivity index (χ3n) is 2.39. The first-order chi connectivity index (χ1) is 8.34. The van der Waals surface area contributed by atoms with Crippen molar-refractivity contribution in [2.45, 2.75) is 6.54 Å². The molecule has 5 nitrogen and oxygen atoms in total. The van der Waals surface area contributed by atoms with Crippen LogP contribution >= 0.6 is 23.3 Å². The molecular formula is C10H8ClN5S. The zero-order chi connectivity index (χ0) is 11.7. The summed E-state index contributed by atoms with van der Waals surface area (Å²) in [5.74, 6) is 0. The first-order valence-electron chi connectivity index (χ1n) is 4.96. The first-order valence-corrected chi connectivity index (χ1v) is 6.07. The van der Waals surface area contributed by atoms with E-state index in [4.69, 9.17) is 11.6 Å². The van der Waals surface area contributed by atoms with Gasteiger partial charge in [-0.2, -0.15) is 8.75 Å². The van der Waals surface area contributed by atoms with Crippen LogP contribution in [0.25, 0.3) is 11.0 Å². The monoisotopic (exact) mass is 265 g/mol. The van der Waals surface area contributed by atoms with Gasteiger partial charge in [-0.3, -0.25) is 0 Å². The van der Waals surface area contributed by atoms with Crippen LogP contribution in [0.2, 0.25) is 5.02 Å². The number of nitrogens with zero attached hydrogens (tertiary/aromatic N) is 3. The molecule has 0 aliphatic heterocycles. The lowest BCUT2D eigenvalue weighted by Gasteiger charge is -2.07. The van der Waals surface area contributed by atoms with Crippen molar-refractivity contribution in [3.8, 4) is 0 Å². The van der Waals surface area contributed by atoms with Gasteiger partial charge in [0.15, 0.2) is 0 Å². The van der Waals surface area contributed by atoms with Gasteiger partial charge in [-0.1, -0.05) is 11.6 Å². The van der Waals surface area contributed by atoms with E-state index in [0.717, 1.165) is 22.4 Å². The minimum Gasteiger partial charge on any atom is -0.376 e. The van der Waals surface area contributed by atoms with Gasteiger partial charge < -0.3 is 10.3 Å².